The van der Waals surface area contributed by atoms with Crippen LogP contribution in [0.2, 0.25) is 0 Å². The second kappa shape index (κ2) is 9.01. The molecule has 0 radical (unpaired) electrons. The topological polar surface area (TPSA) is 42.2 Å². The lowest BCUT2D eigenvalue weighted by atomic mass is 9.62. The third-order valence-corrected chi connectivity index (χ3v) is 9.09. The van der Waals surface area contributed by atoms with Crippen LogP contribution in [0.15, 0.2) is 72.9 Å². The standard InChI is InChI=1S/C35H37NO2/c1-34(2)17-18-35(3,4)31-21-28-26(20-30(31)34)14-15-27-29(24-10-12-25(13-11-24)33(37)38)22-36(32(27)28)19-16-23-8-6-5-7-9-23/h5-13,20-22H,14-19H2,1-4H3,(H,37,38). The Morgan fingerprint density at radius 3 is 2.16 bits per heavy atom. The third-order valence-electron chi connectivity index (χ3n) is 9.09. The Kier molecular flexibility index (Phi) is 5.86. The zero-order chi connectivity index (χ0) is 26.7. The summed E-state index contributed by atoms with van der Waals surface area (Å²) < 4.78 is 2.47. The lowest BCUT2D eigenvalue weighted by Gasteiger charge is -2.43. The maximum atomic E-state index is 11.5. The molecule has 0 atom stereocenters. The van der Waals surface area contributed by atoms with Gasteiger partial charge in [-0.2, -0.15) is 0 Å². The van der Waals surface area contributed by atoms with Gasteiger partial charge in [-0.3, -0.25) is 0 Å². The number of hydrogen-bond acceptors (Lipinski definition) is 1. The number of benzene rings is 3. The fourth-order valence-electron chi connectivity index (χ4n) is 6.63. The first kappa shape index (κ1) is 24.7. The molecular formula is C35H37NO2. The molecule has 0 spiro atoms. The summed E-state index contributed by atoms with van der Waals surface area (Å²) in [7, 11) is 0. The van der Waals surface area contributed by atoms with E-state index in [0.29, 0.717) is 5.56 Å². The Balaban J connectivity index is 1.51. The van der Waals surface area contributed by atoms with Crippen molar-refractivity contribution in [3.05, 3.63) is 106 Å². The first-order chi connectivity index (χ1) is 18.1. The SMILES string of the molecule is CC1(C)CCC(C)(C)c2cc3c(cc21)CCc1c(-c2ccc(C(=O)O)cc2)cn(CCc2ccccc2)c1-3. The van der Waals surface area contributed by atoms with E-state index in [-0.39, 0.29) is 10.8 Å². The number of aromatic nitrogens is 1. The van der Waals surface area contributed by atoms with E-state index in [1.165, 1.54) is 57.5 Å². The van der Waals surface area contributed by atoms with Gasteiger partial charge in [0.15, 0.2) is 0 Å². The number of hydrogen-bond donors (Lipinski definition) is 1. The molecule has 2 aliphatic rings. The number of nitrogens with zero attached hydrogens (tertiary/aromatic N) is 1. The van der Waals surface area contributed by atoms with Crippen molar-refractivity contribution in [1.82, 2.24) is 4.57 Å². The lowest BCUT2D eigenvalue weighted by Crippen LogP contribution is -2.34. The first-order valence-corrected chi connectivity index (χ1v) is 13.9. The molecule has 2 aliphatic carbocycles. The van der Waals surface area contributed by atoms with Crippen molar-refractivity contribution in [1.29, 1.82) is 0 Å². The van der Waals surface area contributed by atoms with E-state index in [2.05, 4.69) is 80.9 Å². The van der Waals surface area contributed by atoms with E-state index in [1.54, 1.807) is 12.1 Å². The highest BCUT2D eigenvalue weighted by atomic mass is 16.4. The van der Waals surface area contributed by atoms with E-state index < -0.39 is 5.97 Å². The van der Waals surface area contributed by atoms with Crippen LogP contribution in [0, 0.1) is 0 Å². The van der Waals surface area contributed by atoms with Crippen molar-refractivity contribution in [2.75, 3.05) is 0 Å². The zero-order valence-electron chi connectivity index (χ0n) is 23.0. The average Bonchev–Trinajstić information content (AvgIpc) is 3.29. The van der Waals surface area contributed by atoms with Crippen molar-refractivity contribution in [3.63, 3.8) is 0 Å². The summed E-state index contributed by atoms with van der Waals surface area (Å²) in [6, 6.07) is 23.2. The Morgan fingerprint density at radius 1 is 0.842 bits per heavy atom. The van der Waals surface area contributed by atoms with Gasteiger partial charge in [-0.15, -0.1) is 0 Å². The normalized spacial score (nSPS) is 16.8. The van der Waals surface area contributed by atoms with Crippen LogP contribution in [0.3, 0.4) is 0 Å². The molecule has 0 bridgehead atoms. The maximum Gasteiger partial charge on any atom is 0.335 e. The van der Waals surface area contributed by atoms with Crippen LogP contribution in [0.5, 0.6) is 0 Å². The number of rotatable bonds is 5. The molecule has 38 heavy (non-hydrogen) atoms. The molecule has 1 aromatic heterocycles. The highest BCUT2D eigenvalue weighted by molar-refractivity contribution is 5.89. The van der Waals surface area contributed by atoms with Gasteiger partial charge in [-0.05, 0) is 94.5 Å². The van der Waals surface area contributed by atoms with Crippen LogP contribution < -0.4 is 0 Å². The molecule has 0 saturated carbocycles. The Morgan fingerprint density at radius 2 is 1.50 bits per heavy atom. The smallest absolute Gasteiger partial charge is 0.335 e. The number of aromatic carboxylic acids is 1. The van der Waals surface area contributed by atoms with Crippen LogP contribution in [0.1, 0.15) is 78.7 Å². The lowest BCUT2D eigenvalue weighted by molar-refractivity contribution is 0.0697. The molecule has 4 aromatic rings. The van der Waals surface area contributed by atoms with Crippen molar-refractivity contribution in [3.8, 4) is 22.4 Å². The van der Waals surface area contributed by atoms with E-state index in [4.69, 9.17) is 0 Å². The summed E-state index contributed by atoms with van der Waals surface area (Å²) in [6.07, 6.45) is 7.75. The van der Waals surface area contributed by atoms with Gasteiger partial charge in [0.2, 0.25) is 0 Å². The highest BCUT2D eigenvalue weighted by Crippen LogP contribution is 2.50. The molecule has 0 unspecified atom stereocenters. The fraction of sp³-hybridized carbons (Fsp3) is 0.343. The maximum absolute atomic E-state index is 11.5. The third kappa shape index (κ3) is 4.18. The summed E-state index contributed by atoms with van der Waals surface area (Å²) in [6.45, 7) is 10.5. The molecule has 1 N–H and O–H groups in total. The quantitative estimate of drug-likeness (QED) is 0.298. The minimum atomic E-state index is -0.886. The second-order valence-electron chi connectivity index (χ2n) is 12.5. The van der Waals surface area contributed by atoms with Gasteiger partial charge in [0.05, 0.1) is 11.3 Å². The van der Waals surface area contributed by atoms with Crippen molar-refractivity contribution < 1.29 is 9.90 Å². The molecule has 0 saturated heterocycles. The Hall–Kier alpha value is -3.59. The summed E-state index contributed by atoms with van der Waals surface area (Å²) >= 11 is 0. The monoisotopic (exact) mass is 503 g/mol. The van der Waals surface area contributed by atoms with E-state index in [1.807, 2.05) is 12.1 Å². The first-order valence-electron chi connectivity index (χ1n) is 13.9. The van der Waals surface area contributed by atoms with Crippen LogP contribution in [-0.4, -0.2) is 15.6 Å². The number of carbonyl (C=O) groups is 1. The van der Waals surface area contributed by atoms with E-state index in [9.17, 15) is 9.90 Å². The Bertz CT molecular complexity index is 1520. The van der Waals surface area contributed by atoms with Crippen molar-refractivity contribution in [2.24, 2.45) is 0 Å². The number of fused-ring (bicyclic) bond motifs is 4. The van der Waals surface area contributed by atoms with Gasteiger partial charge >= 0.3 is 5.97 Å². The molecule has 0 aliphatic heterocycles. The van der Waals surface area contributed by atoms with Gasteiger partial charge in [0.25, 0.3) is 0 Å². The molecule has 6 rings (SSSR count). The average molecular weight is 504 g/mol. The van der Waals surface area contributed by atoms with Crippen molar-refractivity contribution >= 4 is 5.97 Å². The summed E-state index contributed by atoms with van der Waals surface area (Å²) in [5.41, 5.74) is 13.0. The molecule has 1 heterocycles. The summed E-state index contributed by atoms with van der Waals surface area (Å²) in [5.74, 6) is -0.886. The number of carboxylic acid groups (broad SMARTS) is 1. The summed E-state index contributed by atoms with van der Waals surface area (Å²) in [4.78, 5) is 11.5. The van der Waals surface area contributed by atoms with Gasteiger partial charge in [0, 0.05) is 23.9 Å². The minimum Gasteiger partial charge on any atom is -0.478 e. The number of carboxylic acids is 1. The highest BCUT2D eigenvalue weighted by Gasteiger charge is 2.38. The number of aryl methyl sites for hydroxylation is 3. The predicted molar refractivity (Wildman–Crippen MR) is 155 cm³/mol. The predicted octanol–water partition coefficient (Wildman–Crippen LogP) is 8.21. The molecule has 194 valence electrons. The van der Waals surface area contributed by atoms with E-state index in [0.717, 1.165) is 31.4 Å². The largest absolute Gasteiger partial charge is 0.478 e. The van der Waals surface area contributed by atoms with Gasteiger partial charge in [-0.25, -0.2) is 4.79 Å². The van der Waals surface area contributed by atoms with Crippen LogP contribution in [0.4, 0.5) is 0 Å². The second-order valence-corrected chi connectivity index (χ2v) is 12.5. The van der Waals surface area contributed by atoms with Crippen LogP contribution in [-0.2, 0) is 36.6 Å². The molecule has 3 aromatic carbocycles. The van der Waals surface area contributed by atoms with E-state index >= 15 is 0 Å². The van der Waals surface area contributed by atoms with Gasteiger partial charge < -0.3 is 9.67 Å². The van der Waals surface area contributed by atoms with Crippen molar-refractivity contribution in [2.45, 2.75) is 77.2 Å². The summed E-state index contributed by atoms with van der Waals surface area (Å²) in [5, 5.41) is 9.40. The molecular weight excluding hydrogens is 466 g/mol. The fourth-order valence-corrected chi connectivity index (χ4v) is 6.63. The molecule has 0 amide bonds. The molecule has 3 heteroatoms. The van der Waals surface area contributed by atoms with Crippen LogP contribution >= 0.6 is 0 Å². The van der Waals surface area contributed by atoms with Gasteiger partial charge in [0.1, 0.15) is 0 Å². The zero-order valence-corrected chi connectivity index (χ0v) is 23.0. The minimum absolute atomic E-state index is 0.161. The molecule has 3 nitrogen and oxygen atoms in total. The Labute approximate surface area is 226 Å². The van der Waals surface area contributed by atoms with Gasteiger partial charge in [-0.1, -0.05) is 76.2 Å². The van der Waals surface area contributed by atoms with Crippen LogP contribution in [0.25, 0.3) is 22.4 Å². The molecule has 0 fully saturated rings.